The van der Waals surface area contributed by atoms with Crippen molar-refractivity contribution in [2.75, 3.05) is 18.8 Å². The van der Waals surface area contributed by atoms with E-state index < -0.39 is 0 Å². The largest absolute Gasteiger partial charge is 0.399 e. The Morgan fingerprint density at radius 3 is 2.33 bits per heavy atom. The molecule has 2 rings (SSSR count). The standard InChI is InChI=1S/C16H19N3O2/c17-14-6-4-13(5-7-14)12-18-10-2-1-3-11-19-15(20)8-9-16(19)21/h4-9,12H,1-3,10-11,17H2. The summed E-state index contributed by atoms with van der Waals surface area (Å²) >= 11 is 0. The van der Waals surface area contributed by atoms with Crippen molar-refractivity contribution in [1.29, 1.82) is 0 Å². The van der Waals surface area contributed by atoms with Crippen molar-refractivity contribution >= 4 is 23.7 Å². The minimum Gasteiger partial charge on any atom is -0.399 e. The second-order valence-corrected chi connectivity index (χ2v) is 4.92. The number of hydrogen-bond donors (Lipinski definition) is 1. The average Bonchev–Trinajstić information content (AvgIpc) is 2.79. The fraction of sp³-hybridized carbons (Fsp3) is 0.312. The van der Waals surface area contributed by atoms with Crippen molar-refractivity contribution in [1.82, 2.24) is 4.90 Å². The van der Waals surface area contributed by atoms with Gasteiger partial charge < -0.3 is 5.73 Å². The van der Waals surface area contributed by atoms with Gasteiger partial charge in [-0.25, -0.2) is 0 Å². The summed E-state index contributed by atoms with van der Waals surface area (Å²) in [6.45, 7) is 1.23. The molecule has 1 aromatic carbocycles. The van der Waals surface area contributed by atoms with E-state index in [0.29, 0.717) is 6.54 Å². The summed E-state index contributed by atoms with van der Waals surface area (Å²) < 4.78 is 0. The van der Waals surface area contributed by atoms with E-state index in [1.165, 1.54) is 17.1 Å². The highest BCUT2D eigenvalue weighted by Crippen LogP contribution is 2.07. The summed E-state index contributed by atoms with van der Waals surface area (Å²) in [4.78, 5) is 28.3. The van der Waals surface area contributed by atoms with Crippen molar-refractivity contribution in [2.45, 2.75) is 19.3 Å². The third kappa shape index (κ3) is 4.56. The van der Waals surface area contributed by atoms with Gasteiger partial charge in [-0.3, -0.25) is 19.5 Å². The lowest BCUT2D eigenvalue weighted by molar-refractivity contribution is -0.136. The van der Waals surface area contributed by atoms with Gasteiger partial charge in [0.2, 0.25) is 0 Å². The average molecular weight is 285 g/mol. The topological polar surface area (TPSA) is 75.8 Å². The number of carbonyl (C=O) groups is 2. The summed E-state index contributed by atoms with van der Waals surface area (Å²) in [6.07, 6.45) is 7.16. The van der Waals surface area contributed by atoms with Crippen LogP contribution in [0.15, 0.2) is 41.4 Å². The normalized spacial score (nSPS) is 14.6. The Labute approximate surface area is 124 Å². The molecule has 0 unspecified atom stereocenters. The number of unbranched alkanes of at least 4 members (excludes halogenated alkanes) is 2. The lowest BCUT2D eigenvalue weighted by Gasteiger charge is -2.12. The maximum absolute atomic E-state index is 11.3. The van der Waals surface area contributed by atoms with E-state index in [1.807, 2.05) is 30.5 Å². The Hall–Kier alpha value is -2.43. The smallest absolute Gasteiger partial charge is 0.253 e. The fourth-order valence-corrected chi connectivity index (χ4v) is 2.05. The summed E-state index contributed by atoms with van der Waals surface area (Å²) in [5.74, 6) is -0.414. The number of carbonyl (C=O) groups excluding carboxylic acids is 2. The summed E-state index contributed by atoms with van der Waals surface area (Å²) in [6, 6.07) is 7.55. The summed E-state index contributed by atoms with van der Waals surface area (Å²) in [7, 11) is 0. The van der Waals surface area contributed by atoms with Gasteiger partial charge in [-0.1, -0.05) is 12.1 Å². The highest BCUT2D eigenvalue weighted by molar-refractivity contribution is 6.12. The van der Waals surface area contributed by atoms with E-state index in [2.05, 4.69) is 4.99 Å². The number of nitrogens with two attached hydrogens (primary N) is 1. The third-order valence-corrected chi connectivity index (χ3v) is 3.25. The van der Waals surface area contributed by atoms with E-state index in [9.17, 15) is 9.59 Å². The van der Waals surface area contributed by atoms with Gasteiger partial charge in [-0.2, -0.15) is 0 Å². The van der Waals surface area contributed by atoms with Crippen LogP contribution in [0.2, 0.25) is 0 Å². The number of nitrogen functional groups attached to an aromatic ring is 1. The molecule has 0 aliphatic carbocycles. The lowest BCUT2D eigenvalue weighted by Crippen LogP contribution is -2.30. The van der Waals surface area contributed by atoms with Gasteiger partial charge in [0.05, 0.1) is 0 Å². The van der Waals surface area contributed by atoms with Crippen LogP contribution in [-0.2, 0) is 9.59 Å². The number of benzene rings is 1. The van der Waals surface area contributed by atoms with E-state index in [4.69, 9.17) is 5.73 Å². The molecule has 5 heteroatoms. The molecule has 0 spiro atoms. The van der Waals surface area contributed by atoms with Crippen LogP contribution in [0.25, 0.3) is 0 Å². The van der Waals surface area contributed by atoms with Crippen LogP contribution in [0.4, 0.5) is 5.69 Å². The van der Waals surface area contributed by atoms with E-state index in [0.717, 1.165) is 37.1 Å². The van der Waals surface area contributed by atoms with Gasteiger partial charge >= 0.3 is 0 Å². The second-order valence-electron chi connectivity index (χ2n) is 4.92. The first kappa shape index (κ1) is 15.0. The Bertz CT molecular complexity index is 543. The number of aliphatic imine (C=N–C) groups is 1. The molecule has 21 heavy (non-hydrogen) atoms. The van der Waals surface area contributed by atoms with Crippen molar-refractivity contribution in [3.63, 3.8) is 0 Å². The summed E-state index contributed by atoms with van der Waals surface area (Å²) in [5.41, 5.74) is 7.38. The molecule has 0 radical (unpaired) electrons. The fourth-order valence-electron chi connectivity index (χ4n) is 2.05. The monoisotopic (exact) mass is 285 g/mol. The number of amides is 2. The molecule has 0 aromatic heterocycles. The second kappa shape index (κ2) is 7.38. The van der Waals surface area contributed by atoms with Crippen LogP contribution in [0, 0.1) is 0 Å². The van der Waals surface area contributed by atoms with Crippen molar-refractivity contribution in [3.05, 3.63) is 42.0 Å². The van der Waals surface area contributed by atoms with Crippen LogP contribution < -0.4 is 5.73 Å². The minimum absolute atomic E-state index is 0.207. The first-order chi connectivity index (χ1) is 10.2. The lowest BCUT2D eigenvalue weighted by atomic mass is 10.2. The van der Waals surface area contributed by atoms with Crippen molar-refractivity contribution < 1.29 is 9.59 Å². The Balaban J connectivity index is 1.59. The number of rotatable bonds is 7. The molecule has 0 saturated heterocycles. The number of nitrogens with zero attached hydrogens (tertiary/aromatic N) is 2. The molecule has 1 aliphatic rings. The molecule has 2 N–H and O–H groups in total. The molecule has 1 heterocycles. The van der Waals surface area contributed by atoms with Crippen LogP contribution >= 0.6 is 0 Å². The molecule has 110 valence electrons. The number of imide groups is 1. The highest BCUT2D eigenvalue weighted by Gasteiger charge is 2.21. The van der Waals surface area contributed by atoms with Crippen molar-refractivity contribution in [3.8, 4) is 0 Å². The van der Waals surface area contributed by atoms with Gasteiger partial charge in [0.25, 0.3) is 11.8 Å². The maximum atomic E-state index is 11.3. The molecular formula is C16H19N3O2. The van der Waals surface area contributed by atoms with Gasteiger partial charge in [-0.05, 0) is 37.0 Å². The van der Waals surface area contributed by atoms with E-state index in [-0.39, 0.29) is 11.8 Å². The summed E-state index contributed by atoms with van der Waals surface area (Å²) in [5, 5.41) is 0. The van der Waals surface area contributed by atoms with Gasteiger partial charge in [0.15, 0.2) is 0 Å². The molecule has 0 bridgehead atoms. The zero-order valence-electron chi connectivity index (χ0n) is 11.9. The first-order valence-electron chi connectivity index (χ1n) is 7.06. The molecule has 5 nitrogen and oxygen atoms in total. The maximum Gasteiger partial charge on any atom is 0.253 e. The molecule has 1 aliphatic heterocycles. The molecular weight excluding hydrogens is 266 g/mol. The van der Waals surface area contributed by atoms with Crippen LogP contribution in [0.5, 0.6) is 0 Å². The van der Waals surface area contributed by atoms with E-state index in [1.54, 1.807) is 0 Å². The molecule has 0 saturated carbocycles. The van der Waals surface area contributed by atoms with E-state index >= 15 is 0 Å². The predicted molar refractivity (Wildman–Crippen MR) is 83.0 cm³/mol. The predicted octanol–water partition coefficient (Wildman–Crippen LogP) is 1.78. The first-order valence-corrected chi connectivity index (χ1v) is 7.06. The number of anilines is 1. The molecule has 1 aromatic rings. The van der Waals surface area contributed by atoms with Gasteiger partial charge in [0.1, 0.15) is 0 Å². The number of hydrogen-bond acceptors (Lipinski definition) is 4. The van der Waals surface area contributed by atoms with Crippen LogP contribution in [0.1, 0.15) is 24.8 Å². The Morgan fingerprint density at radius 1 is 1.00 bits per heavy atom. The quantitative estimate of drug-likeness (QED) is 0.359. The third-order valence-electron chi connectivity index (χ3n) is 3.25. The van der Waals surface area contributed by atoms with Crippen LogP contribution in [-0.4, -0.2) is 36.0 Å². The van der Waals surface area contributed by atoms with Crippen LogP contribution in [0.3, 0.4) is 0 Å². The van der Waals surface area contributed by atoms with Gasteiger partial charge in [-0.15, -0.1) is 0 Å². The zero-order valence-corrected chi connectivity index (χ0v) is 11.9. The molecule has 2 amide bonds. The van der Waals surface area contributed by atoms with Gasteiger partial charge in [0, 0.05) is 37.1 Å². The Morgan fingerprint density at radius 2 is 1.67 bits per heavy atom. The minimum atomic E-state index is -0.207. The Kier molecular flexibility index (Phi) is 5.26. The molecule has 0 atom stereocenters. The van der Waals surface area contributed by atoms with Crippen molar-refractivity contribution in [2.24, 2.45) is 4.99 Å². The SMILES string of the molecule is Nc1ccc(C=NCCCCCN2C(=O)C=CC2=O)cc1. The highest BCUT2D eigenvalue weighted by atomic mass is 16.2. The zero-order chi connectivity index (χ0) is 15.1. The molecule has 0 fully saturated rings.